The van der Waals surface area contributed by atoms with E-state index in [1.54, 1.807) is 18.4 Å². The molecule has 23 heavy (non-hydrogen) atoms. The van der Waals surface area contributed by atoms with Crippen LogP contribution >= 0.6 is 11.3 Å². The Bertz CT molecular complexity index is 857. The zero-order valence-electron chi connectivity index (χ0n) is 13.3. The first-order valence-electron chi connectivity index (χ1n) is 7.39. The molecule has 0 aliphatic heterocycles. The minimum Gasteiger partial charge on any atom is -0.497 e. The van der Waals surface area contributed by atoms with Gasteiger partial charge in [-0.3, -0.25) is 4.79 Å². The first-order chi connectivity index (χ1) is 11.1. The molecule has 1 heterocycles. The van der Waals surface area contributed by atoms with Crippen LogP contribution in [0.2, 0.25) is 0 Å². The van der Waals surface area contributed by atoms with E-state index in [0.29, 0.717) is 5.56 Å². The third-order valence-electron chi connectivity index (χ3n) is 3.70. The van der Waals surface area contributed by atoms with E-state index in [0.717, 1.165) is 26.5 Å². The van der Waals surface area contributed by atoms with Crippen molar-refractivity contribution in [1.82, 2.24) is 10.3 Å². The number of thiazole rings is 1. The molecule has 118 valence electrons. The molecular formula is C18H18N2O2S. The first kappa shape index (κ1) is 15.5. The summed E-state index contributed by atoms with van der Waals surface area (Å²) in [7, 11) is 1.63. The van der Waals surface area contributed by atoms with Gasteiger partial charge in [0.2, 0.25) is 0 Å². The molecule has 2 aromatic carbocycles. The maximum Gasteiger partial charge on any atom is 0.251 e. The number of aromatic nitrogens is 1. The fraction of sp³-hybridized carbons (Fsp3) is 0.222. The molecule has 0 spiro atoms. The van der Waals surface area contributed by atoms with Crippen molar-refractivity contribution < 1.29 is 9.53 Å². The van der Waals surface area contributed by atoms with Crippen molar-refractivity contribution in [2.24, 2.45) is 0 Å². The predicted molar refractivity (Wildman–Crippen MR) is 93.2 cm³/mol. The molecule has 5 heteroatoms. The van der Waals surface area contributed by atoms with Gasteiger partial charge in [-0.25, -0.2) is 4.98 Å². The number of carbonyl (C=O) groups excluding carboxylic acids is 1. The molecule has 0 saturated heterocycles. The number of nitrogens with zero attached hydrogens (tertiary/aromatic N) is 1. The van der Waals surface area contributed by atoms with E-state index in [1.165, 1.54) is 0 Å². The zero-order valence-corrected chi connectivity index (χ0v) is 14.1. The second-order valence-electron chi connectivity index (χ2n) is 5.39. The first-order valence-corrected chi connectivity index (χ1v) is 8.20. The van der Waals surface area contributed by atoms with Crippen molar-refractivity contribution in [1.29, 1.82) is 0 Å². The Morgan fingerprint density at radius 3 is 2.87 bits per heavy atom. The lowest BCUT2D eigenvalue weighted by molar-refractivity contribution is 0.0940. The van der Waals surface area contributed by atoms with Gasteiger partial charge >= 0.3 is 0 Å². The lowest BCUT2D eigenvalue weighted by atomic mass is 10.1. The number of ether oxygens (including phenoxy) is 1. The quantitative estimate of drug-likeness (QED) is 0.785. The third-order valence-corrected chi connectivity index (χ3v) is 4.63. The molecule has 3 rings (SSSR count). The number of benzene rings is 2. The van der Waals surface area contributed by atoms with Crippen LogP contribution in [-0.2, 0) is 0 Å². The fourth-order valence-corrected chi connectivity index (χ4v) is 3.32. The van der Waals surface area contributed by atoms with Gasteiger partial charge in [-0.1, -0.05) is 12.1 Å². The Morgan fingerprint density at radius 1 is 1.26 bits per heavy atom. The molecule has 0 bridgehead atoms. The smallest absolute Gasteiger partial charge is 0.251 e. The van der Waals surface area contributed by atoms with Crippen LogP contribution in [0.1, 0.15) is 33.9 Å². The molecule has 4 nitrogen and oxygen atoms in total. The van der Waals surface area contributed by atoms with Crippen LogP contribution < -0.4 is 10.1 Å². The van der Waals surface area contributed by atoms with E-state index < -0.39 is 0 Å². The monoisotopic (exact) mass is 326 g/mol. The number of fused-ring (bicyclic) bond motifs is 1. The van der Waals surface area contributed by atoms with Crippen LogP contribution in [0.15, 0.2) is 42.5 Å². The number of aryl methyl sites for hydroxylation is 1. The summed E-state index contributed by atoms with van der Waals surface area (Å²) in [6, 6.07) is 13.2. The van der Waals surface area contributed by atoms with Gasteiger partial charge < -0.3 is 10.1 Å². The number of hydrogen-bond donors (Lipinski definition) is 1. The average molecular weight is 326 g/mol. The summed E-state index contributed by atoms with van der Waals surface area (Å²) in [5.41, 5.74) is 2.59. The van der Waals surface area contributed by atoms with Crippen molar-refractivity contribution in [3.8, 4) is 5.75 Å². The minimum absolute atomic E-state index is 0.0896. The normalized spacial score (nSPS) is 12.1. The summed E-state index contributed by atoms with van der Waals surface area (Å²) in [6.07, 6.45) is 0. The Hall–Kier alpha value is -2.40. The Labute approximate surface area is 139 Å². The van der Waals surface area contributed by atoms with E-state index >= 15 is 0 Å². The number of nitrogens with one attached hydrogen (secondary N) is 1. The molecule has 1 N–H and O–H groups in total. The highest BCUT2D eigenvalue weighted by Gasteiger charge is 2.13. The molecule has 1 amide bonds. The third kappa shape index (κ3) is 3.35. The Kier molecular flexibility index (Phi) is 4.30. The summed E-state index contributed by atoms with van der Waals surface area (Å²) >= 11 is 1.60. The second-order valence-corrected chi connectivity index (χ2v) is 6.62. The highest BCUT2D eigenvalue weighted by molar-refractivity contribution is 7.18. The van der Waals surface area contributed by atoms with Crippen LogP contribution in [0, 0.1) is 6.92 Å². The van der Waals surface area contributed by atoms with Gasteiger partial charge in [0.1, 0.15) is 5.75 Å². The maximum atomic E-state index is 12.5. The molecule has 0 radical (unpaired) electrons. The Balaban J connectivity index is 1.78. The average Bonchev–Trinajstić information content (AvgIpc) is 2.93. The van der Waals surface area contributed by atoms with Gasteiger partial charge in [-0.15, -0.1) is 11.3 Å². The van der Waals surface area contributed by atoms with Crippen molar-refractivity contribution in [3.05, 3.63) is 58.6 Å². The standard InChI is InChI=1S/C18H18N2O2S/c1-11(13-5-4-6-15(9-13)22-3)19-18(21)14-7-8-16-17(10-14)23-12(2)20-16/h4-11H,1-3H3,(H,19,21). The minimum atomic E-state index is -0.100. The van der Waals surface area contributed by atoms with Gasteiger partial charge in [0, 0.05) is 5.56 Å². The van der Waals surface area contributed by atoms with Crippen molar-refractivity contribution in [2.75, 3.05) is 7.11 Å². The van der Waals surface area contributed by atoms with Crippen molar-refractivity contribution >= 4 is 27.5 Å². The molecule has 0 aliphatic rings. The number of rotatable bonds is 4. The fourth-order valence-electron chi connectivity index (χ4n) is 2.46. The molecule has 1 aromatic heterocycles. The predicted octanol–water partition coefficient (Wildman–Crippen LogP) is 4.10. The highest BCUT2D eigenvalue weighted by Crippen LogP contribution is 2.23. The van der Waals surface area contributed by atoms with Crippen LogP contribution in [0.4, 0.5) is 0 Å². The van der Waals surface area contributed by atoms with Gasteiger partial charge in [-0.2, -0.15) is 0 Å². The van der Waals surface area contributed by atoms with Gasteiger partial charge in [0.25, 0.3) is 5.91 Å². The topological polar surface area (TPSA) is 51.2 Å². The molecule has 0 saturated carbocycles. The summed E-state index contributed by atoms with van der Waals surface area (Å²) in [5, 5.41) is 4.03. The number of amides is 1. The lowest BCUT2D eigenvalue weighted by Gasteiger charge is -2.15. The van der Waals surface area contributed by atoms with Gasteiger partial charge in [0.15, 0.2) is 0 Å². The molecular weight excluding hydrogens is 308 g/mol. The van der Waals surface area contributed by atoms with Crippen molar-refractivity contribution in [2.45, 2.75) is 19.9 Å². The highest BCUT2D eigenvalue weighted by atomic mass is 32.1. The van der Waals surface area contributed by atoms with Crippen LogP contribution in [0.3, 0.4) is 0 Å². The van der Waals surface area contributed by atoms with Crippen LogP contribution in [-0.4, -0.2) is 18.0 Å². The summed E-state index contributed by atoms with van der Waals surface area (Å²) < 4.78 is 6.26. The number of methoxy groups -OCH3 is 1. The van der Waals surface area contributed by atoms with Crippen molar-refractivity contribution in [3.63, 3.8) is 0 Å². The zero-order chi connectivity index (χ0) is 16.4. The van der Waals surface area contributed by atoms with Crippen LogP contribution in [0.25, 0.3) is 10.2 Å². The summed E-state index contributed by atoms with van der Waals surface area (Å²) in [4.78, 5) is 16.9. The molecule has 1 unspecified atom stereocenters. The molecule has 1 atom stereocenters. The molecule has 0 aliphatic carbocycles. The van der Waals surface area contributed by atoms with E-state index in [1.807, 2.05) is 56.3 Å². The Morgan fingerprint density at radius 2 is 2.09 bits per heavy atom. The summed E-state index contributed by atoms with van der Waals surface area (Å²) in [6.45, 7) is 3.93. The largest absolute Gasteiger partial charge is 0.497 e. The van der Waals surface area contributed by atoms with Crippen LogP contribution in [0.5, 0.6) is 5.75 Å². The SMILES string of the molecule is COc1cccc(C(C)NC(=O)c2ccc3nc(C)sc3c2)c1. The lowest BCUT2D eigenvalue weighted by Crippen LogP contribution is -2.26. The van der Waals surface area contributed by atoms with E-state index in [-0.39, 0.29) is 11.9 Å². The van der Waals surface area contributed by atoms with Gasteiger partial charge in [-0.05, 0) is 49.7 Å². The van der Waals surface area contributed by atoms with Gasteiger partial charge in [0.05, 0.1) is 28.4 Å². The number of hydrogen-bond acceptors (Lipinski definition) is 4. The maximum absolute atomic E-state index is 12.5. The van der Waals surface area contributed by atoms with E-state index in [2.05, 4.69) is 10.3 Å². The molecule has 3 aromatic rings. The number of carbonyl (C=O) groups is 1. The second kappa shape index (κ2) is 6.38. The van der Waals surface area contributed by atoms with E-state index in [9.17, 15) is 4.79 Å². The molecule has 0 fully saturated rings. The van der Waals surface area contributed by atoms with E-state index in [4.69, 9.17) is 4.74 Å². The summed E-state index contributed by atoms with van der Waals surface area (Å²) in [5.74, 6) is 0.693.